The molecular weight excluding hydrogens is 397 g/mol. The van der Waals surface area contributed by atoms with Crippen LogP contribution in [0.5, 0.6) is 0 Å². The van der Waals surface area contributed by atoms with Crippen LogP contribution in [0.15, 0.2) is 0 Å². The van der Waals surface area contributed by atoms with Gasteiger partial charge in [0, 0.05) is 0 Å². The van der Waals surface area contributed by atoms with E-state index < -0.39 is 76.1 Å². The van der Waals surface area contributed by atoms with E-state index in [0.29, 0.717) is 0 Å². The number of carbonyl (C=O) groups is 2. The van der Waals surface area contributed by atoms with E-state index in [0.717, 1.165) is 0 Å². The molecule has 0 aliphatic rings. The van der Waals surface area contributed by atoms with Gasteiger partial charge in [0.1, 0.15) is 49.5 Å². The first-order chi connectivity index (χ1) is 12.4. The smallest absolute Gasteiger partial charge is 0.394 e. The number of phosphoric acid groups is 1. The molecule has 0 aromatic rings. The maximum atomic E-state index is 11.8. The summed E-state index contributed by atoms with van der Waals surface area (Å²) in [6, 6.07) is -1.73. The summed E-state index contributed by atoms with van der Waals surface area (Å²) in [5, 5.41) is 64.4. The molecule has 0 amide bonds. The van der Waals surface area contributed by atoms with Gasteiger partial charge in [-0.3, -0.25) is 13.8 Å². The van der Waals surface area contributed by atoms with E-state index in [1.54, 1.807) is 0 Å². The van der Waals surface area contributed by atoms with Crippen LogP contribution in [0.25, 0.3) is 0 Å². The predicted molar refractivity (Wildman–Crippen MR) is 83.9 cm³/mol. The average Bonchev–Trinajstić information content (AvgIpc) is 2.66. The van der Waals surface area contributed by atoms with Crippen LogP contribution >= 0.6 is 7.82 Å². The van der Waals surface area contributed by atoms with Crippen LogP contribution in [0.3, 0.4) is 0 Å². The Labute approximate surface area is 153 Å². The van der Waals surface area contributed by atoms with Crippen LogP contribution in [0.2, 0.25) is 0 Å². The van der Waals surface area contributed by atoms with Crippen molar-refractivity contribution < 1.29 is 63.8 Å². The SMILES string of the molecule is N[C@@H](C=O)[C@@H](OP(=O)(O)OCC(=O)[C@@H](O)[C@H](O)C(O)CO)[C@H](O)[C@H](O)CO. The summed E-state index contributed by atoms with van der Waals surface area (Å²) >= 11 is 0. The second-order valence-electron chi connectivity index (χ2n) is 5.42. The van der Waals surface area contributed by atoms with Crippen molar-refractivity contribution in [1.29, 1.82) is 0 Å². The van der Waals surface area contributed by atoms with Crippen molar-refractivity contribution in [2.75, 3.05) is 19.8 Å². The minimum atomic E-state index is -5.19. The Morgan fingerprint density at radius 1 is 1.04 bits per heavy atom. The Hall–Kier alpha value is -0.870. The topological polar surface area (TPSA) is 258 Å². The molecule has 0 fully saturated rings. The highest BCUT2D eigenvalue weighted by atomic mass is 31.2. The molecule has 14 nitrogen and oxygen atoms in total. The summed E-state index contributed by atoms with van der Waals surface area (Å²) < 4.78 is 20.6. The fourth-order valence-corrected chi connectivity index (χ4v) is 2.61. The summed E-state index contributed by atoms with van der Waals surface area (Å²) in [4.78, 5) is 31.9. The van der Waals surface area contributed by atoms with Crippen LogP contribution < -0.4 is 5.73 Å². The lowest BCUT2D eigenvalue weighted by Gasteiger charge is -2.29. The van der Waals surface area contributed by atoms with Gasteiger partial charge in [-0.05, 0) is 0 Å². The number of ketones is 1. The highest BCUT2D eigenvalue weighted by molar-refractivity contribution is 7.47. The van der Waals surface area contributed by atoms with E-state index in [9.17, 15) is 39.5 Å². The molecule has 8 atom stereocenters. The average molecular weight is 421 g/mol. The third-order valence-electron chi connectivity index (χ3n) is 3.31. The molecule has 0 radical (unpaired) electrons. The van der Waals surface area contributed by atoms with E-state index in [1.807, 2.05) is 0 Å². The van der Waals surface area contributed by atoms with Gasteiger partial charge < -0.3 is 51.2 Å². The highest BCUT2D eigenvalue weighted by Gasteiger charge is 2.39. The normalized spacial score (nSPS) is 22.0. The van der Waals surface area contributed by atoms with Gasteiger partial charge in [0.15, 0.2) is 5.78 Å². The van der Waals surface area contributed by atoms with Gasteiger partial charge in [-0.1, -0.05) is 0 Å². The number of nitrogens with two attached hydrogens (primary N) is 1. The van der Waals surface area contributed by atoms with Crippen molar-refractivity contribution in [3.63, 3.8) is 0 Å². The fraction of sp³-hybridized carbons (Fsp3) is 0.833. The lowest BCUT2D eigenvalue weighted by Crippen LogP contribution is -2.51. The van der Waals surface area contributed by atoms with E-state index in [2.05, 4.69) is 9.05 Å². The molecule has 0 aliphatic carbocycles. The third kappa shape index (κ3) is 8.35. The van der Waals surface area contributed by atoms with Crippen molar-refractivity contribution in [1.82, 2.24) is 0 Å². The van der Waals surface area contributed by atoms with Crippen LogP contribution in [-0.2, 0) is 23.2 Å². The number of aliphatic hydroxyl groups excluding tert-OH is 7. The lowest BCUT2D eigenvalue weighted by atomic mass is 10.0. The Morgan fingerprint density at radius 3 is 1.96 bits per heavy atom. The number of phosphoric ester groups is 1. The van der Waals surface area contributed by atoms with Crippen LogP contribution in [-0.4, -0.2) is 115 Å². The first-order valence-electron chi connectivity index (χ1n) is 7.43. The van der Waals surface area contributed by atoms with Gasteiger partial charge >= 0.3 is 7.82 Å². The van der Waals surface area contributed by atoms with Crippen LogP contribution in [0.1, 0.15) is 0 Å². The molecule has 0 aliphatic heterocycles. The number of hydrogen-bond donors (Lipinski definition) is 9. The van der Waals surface area contributed by atoms with Gasteiger partial charge in [-0.2, -0.15) is 0 Å². The first kappa shape index (κ1) is 26.1. The number of hydrogen-bond acceptors (Lipinski definition) is 13. The minimum Gasteiger partial charge on any atom is -0.394 e. The maximum Gasteiger partial charge on any atom is 0.473 e. The molecule has 0 saturated carbocycles. The molecule has 10 N–H and O–H groups in total. The Balaban J connectivity index is 5.00. The second-order valence-corrected chi connectivity index (χ2v) is 6.82. The van der Waals surface area contributed by atoms with Gasteiger partial charge in [-0.15, -0.1) is 0 Å². The summed E-state index contributed by atoms with van der Waals surface area (Å²) in [6.45, 7) is -3.30. The monoisotopic (exact) mass is 421 g/mol. The fourth-order valence-electron chi connectivity index (χ4n) is 1.69. The molecule has 160 valence electrons. The first-order valence-corrected chi connectivity index (χ1v) is 8.92. The predicted octanol–water partition coefficient (Wildman–Crippen LogP) is -5.63. The Bertz CT molecular complexity index is 520. The number of rotatable bonds is 14. The zero-order valence-electron chi connectivity index (χ0n) is 13.9. The van der Waals surface area contributed by atoms with Crippen molar-refractivity contribution in [3.8, 4) is 0 Å². The van der Waals surface area contributed by atoms with E-state index in [1.165, 1.54) is 0 Å². The molecule has 0 spiro atoms. The largest absolute Gasteiger partial charge is 0.473 e. The lowest BCUT2D eigenvalue weighted by molar-refractivity contribution is -0.143. The molecule has 27 heavy (non-hydrogen) atoms. The number of aldehydes is 1. The standard InChI is InChI=1S/C12H24NO13P/c13-5(1-14)12(11(22)7(18)3-16)26-27(23,24)25-4-8(19)10(21)9(20)6(17)2-15/h1,5-7,9-12,15-18,20-22H,2-4,13H2,(H,23,24)/t5-,6?,7+,9+,10+,11+,12+/m0/s1. The third-order valence-corrected chi connectivity index (χ3v) is 4.28. The summed E-state index contributed by atoms with van der Waals surface area (Å²) in [7, 11) is -5.19. The Kier molecular flexibility index (Phi) is 11.5. The highest BCUT2D eigenvalue weighted by Crippen LogP contribution is 2.45. The van der Waals surface area contributed by atoms with Crippen LogP contribution in [0, 0.1) is 0 Å². The quantitative estimate of drug-likeness (QED) is 0.0935. The van der Waals surface area contributed by atoms with Gasteiger partial charge in [-0.25, -0.2) is 4.57 Å². The molecule has 0 saturated heterocycles. The van der Waals surface area contributed by atoms with E-state index in [4.69, 9.17) is 21.1 Å². The van der Waals surface area contributed by atoms with Gasteiger partial charge in [0.2, 0.25) is 0 Å². The molecule has 0 aromatic carbocycles. The molecular formula is C12H24NO13P. The maximum absolute atomic E-state index is 11.8. The minimum absolute atomic E-state index is 0.0134. The molecule has 0 rings (SSSR count). The van der Waals surface area contributed by atoms with Gasteiger partial charge in [0.05, 0.1) is 19.3 Å². The van der Waals surface area contributed by atoms with Crippen LogP contribution in [0.4, 0.5) is 0 Å². The Morgan fingerprint density at radius 2 is 1.52 bits per heavy atom. The molecule has 2 unspecified atom stereocenters. The van der Waals surface area contributed by atoms with E-state index >= 15 is 0 Å². The van der Waals surface area contributed by atoms with Gasteiger partial charge in [0.25, 0.3) is 0 Å². The van der Waals surface area contributed by atoms with E-state index in [-0.39, 0.29) is 6.29 Å². The number of carbonyl (C=O) groups excluding carboxylic acids is 2. The van der Waals surface area contributed by atoms with Crippen molar-refractivity contribution in [2.24, 2.45) is 5.73 Å². The number of Topliss-reactive ketones (excluding diaryl/α,β-unsaturated/α-hetero) is 1. The molecule has 0 heterocycles. The zero-order valence-corrected chi connectivity index (χ0v) is 14.8. The zero-order chi connectivity index (χ0) is 21.4. The number of aliphatic hydroxyl groups is 7. The molecule has 0 aromatic heterocycles. The molecule has 15 heteroatoms. The second kappa shape index (κ2) is 11.9. The van der Waals surface area contributed by atoms with Crippen molar-refractivity contribution in [2.45, 2.75) is 42.7 Å². The summed E-state index contributed by atoms with van der Waals surface area (Å²) in [5.74, 6) is -1.37. The van der Waals surface area contributed by atoms with Crippen molar-refractivity contribution in [3.05, 3.63) is 0 Å². The molecule has 0 bridgehead atoms. The summed E-state index contributed by atoms with van der Waals surface area (Å²) in [6.07, 6.45) is -12.2. The summed E-state index contributed by atoms with van der Waals surface area (Å²) in [5.41, 5.74) is 5.29. The van der Waals surface area contributed by atoms with Crippen molar-refractivity contribution >= 4 is 19.9 Å².